The van der Waals surface area contributed by atoms with Crippen LogP contribution in [-0.4, -0.2) is 11.0 Å². The first kappa shape index (κ1) is 19.4. The van der Waals surface area contributed by atoms with Gasteiger partial charge >= 0.3 is 12.2 Å². The zero-order valence-electron chi connectivity index (χ0n) is 14.8. The Hall–Kier alpha value is -3.35. The molecule has 1 unspecified atom stereocenters. The van der Waals surface area contributed by atoms with Crippen LogP contribution >= 0.6 is 0 Å². The van der Waals surface area contributed by atoms with Crippen LogP contribution in [0.4, 0.5) is 18.0 Å². The second-order valence-corrected chi connectivity index (χ2v) is 6.12. The van der Waals surface area contributed by atoms with E-state index in [0.717, 1.165) is 17.7 Å². The maximum absolute atomic E-state index is 12.8. The van der Waals surface area contributed by atoms with Crippen LogP contribution in [0.25, 0.3) is 0 Å². The number of alkyl halides is 3. The fraction of sp³-hybridized carbons (Fsp3) is 0.143. The van der Waals surface area contributed by atoms with Crippen molar-refractivity contribution >= 4 is 6.03 Å². The lowest BCUT2D eigenvalue weighted by molar-refractivity contribution is -0.137. The highest BCUT2D eigenvalue weighted by Gasteiger charge is 2.30. The van der Waals surface area contributed by atoms with Crippen LogP contribution in [0.1, 0.15) is 28.4 Å². The van der Waals surface area contributed by atoms with Crippen molar-refractivity contribution in [1.29, 1.82) is 0 Å². The number of pyridine rings is 1. The van der Waals surface area contributed by atoms with Crippen LogP contribution in [0.2, 0.25) is 0 Å². The van der Waals surface area contributed by atoms with Crippen molar-refractivity contribution < 1.29 is 18.0 Å². The number of urea groups is 1. The summed E-state index contributed by atoms with van der Waals surface area (Å²) in [6, 6.07) is 18.6. The van der Waals surface area contributed by atoms with Crippen LogP contribution < -0.4 is 10.6 Å². The van der Waals surface area contributed by atoms with Crippen molar-refractivity contribution in [3.8, 4) is 0 Å². The molecule has 7 heteroatoms. The van der Waals surface area contributed by atoms with Gasteiger partial charge in [0.2, 0.25) is 0 Å². The minimum atomic E-state index is -4.42. The molecule has 144 valence electrons. The van der Waals surface area contributed by atoms with E-state index >= 15 is 0 Å². The average molecular weight is 385 g/mol. The number of aromatic nitrogens is 1. The fourth-order valence-corrected chi connectivity index (χ4v) is 2.74. The number of hydrogen-bond donors (Lipinski definition) is 2. The Balaban J connectivity index is 1.70. The summed E-state index contributed by atoms with van der Waals surface area (Å²) in [6.45, 7) is -0.0283. The number of amides is 2. The molecule has 3 rings (SSSR count). The number of halogens is 3. The molecule has 1 heterocycles. The lowest BCUT2D eigenvalue weighted by Gasteiger charge is -2.19. The number of nitrogens with one attached hydrogen (secondary N) is 2. The quantitative estimate of drug-likeness (QED) is 0.670. The summed E-state index contributed by atoms with van der Waals surface area (Å²) < 4.78 is 38.4. The highest BCUT2D eigenvalue weighted by molar-refractivity contribution is 5.75. The van der Waals surface area contributed by atoms with Gasteiger partial charge in [0.05, 0.1) is 17.3 Å². The van der Waals surface area contributed by atoms with E-state index < -0.39 is 23.8 Å². The molecule has 0 spiro atoms. The Kier molecular flexibility index (Phi) is 5.93. The molecule has 0 saturated heterocycles. The summed E-state index contributed by atoms with van der Waals surface area (Å²) in [5.41, 5.74) is 1.11. The summed E-state index contributed by atoms with van der Waals surface area (Å²) >= 11 is 0. The number of benzene rings is 2. The Labute approximate surface area is 160 Å². The summed E-state index contributed by atoms with van der Waals surface area (Å²) in [5.74, 6) is 0. The number of hydrogen-bond acceptors (Lipinski definition) is 2. The maximum atomic E-state index is 12.8. The maximum Gasteiger partial charge on any atom is 0.416 e. The zero-order valence-corrected chi connectivity index (χ0v) is 14.8. The third-order valence-electron chi connectivity index (χ3n) is 4.10. The summed E-state index contributed by atoms with van der Waals surface area (Å²) in [5, 5.41) is 5.43. The number of rotatable bonds is 5. The zero-order chi connectivity index (χ0) is 20.0. The number of carbonyl (C=O) groups is 1. The van der Waals surface area contributed by atoms with Gasteiger partial charge in [-0.2, -0.15) is 13.2 Å². The van der Waals surface area contributed by atoms with Crippen molar-refractivity contribution in [3.05, 3.63) is 101 Å². The van der Waals surface area contributed by atoms with Gasteiger partial charge in [-0.05, 0) is 35.4 Å². The van der Waals surface area contributed by atoms with Gasteiger partial charge in [0.15, 0.2) is 0 Å². The van der Waals surface area contributed by atoms with Gasteiger partial charge in [-0.15, -0.1) is 0 Å². The monoisotopic (exact) mass is 385 g/mol. The first-order valence-electron chi connectivity index (χ1n) is 8.60. The van der Waals surface area contributed by atoms with E-state index in [1.165, 1.54) is 12.1 Å². The van der Waals surface area contributed by atoms with Gasteiger partial charge in [-0.3, -0.25) is 4.98 Å². The van der Waals surface area contributed by atoms with Crippen molar-refractivity contribution in [2.24, 2.45) is 0 Å². The number of carbonyl (C=O) groups excluding carboxylic acids is 1. The van der Waals surface area contributed by atoms with E-state index in [2.05, 4.69) is 15.6 Å². The lowest BCUT2D eigenvalue weighted by Crippen LogP contribution is -2.38. The molecule has 2 N–H and O–H groups in total. The van der Waals surface area contributed by atoms with Gasteiger partial charge in [0.1, 0.15) is 0 Å². The molecule has 0 radical (unpaired) electrons. The van der Waals surface area contributed by atoms with E-state index in [0.29, 0.717) is 11.3 Å². The van der Waals surface area contributed by atoms with Crippen molar-refractivity contribution in [2.75, 3.05) is 0 Å². The van der Waals surface area contributed by atoms with E-state index in [9.17, 15) is 18.0 Å². The van der Waals surface area contributed by atoms with Gasteiger partial charge < -0.3 is 10.6 Å². The predicted molar refractivity (Wildman–Crippen MR) is 99.3 cm³/mol. The molecule has 0 aliphatic heterocycles. The van der Waals surface area contributed by atoms with Crippen molar-refractivity contribution in [2.45, 2.75) is 18.8 Å². The average Bonchev–Trinajstić information content (AvgIpc) is 2.71. The molecule has 0 aliphatic carbocycles. The molecule has 0 fully saturated rings. The number of nitrogens with zero attached hydrogens (tertiary/aromatic N) is 1. The minimum absolute atomic E-state index is 0.0283. The molecule has 1 atom stereocenters. The summed E-state index contributed by atoms with van der Waals surface area (Å²) in [4.78, 5) is 16.7. The Morgan fingerprint density at radius 3 is 2.39 bits per heavy atom. The highest BCUT2D eigenvalue weighted by atomic mass is 19.4. The largest absolute Gasteiger partial charge is 0.416 e. The summed E-state index contributed by atoms with van der Waals surface area (Å²) in [6.07, 6.45) is -2.79. The van der Waals surface area contributed by atoms with Gasteiger partial charge in [0.25, 0.3) is 0 Å². The molecule has 2 amide bonds. The van der Waals surface area contributed by atoms with Crippen LogP contribution in [0.15, 0.2) is 79.0 Å². The van der Waals surface area contributed by atoms with Crippen LogP contribution in [0.5, 0.6) is 0 Å². The standard InChI is InChI=1S/C21H18F3N3O/c22-21(23,24)17-10-6-7-15(13-17)14-26-20(28)27-19(16-8-2-1-3-9-16)18-11-4-5-12-25-18/h1-13,19H,14H2,(H2,26,27,28). The molecular weight excluding hydrogens is 367 g/mol. The van der Waals surface area contributed by atoms with Gasteiger partial charge in [-0.1, -0.05) is 48.5 Å². The van der Waals surface area contributed by atoms with Crippen molar-refractivity contribution in [3.63, 3.8) is 0 Å². The van der Waals surface area contributed by atoms with Crippen LogP contribution in [-0.2, 0) is 12.7 Å². The smallest absolute Gasteiger partial charge is 0.334 e. The van der Waals surface area contributed by atoms with E-state index in [1.54, 1.807) is 18.3 Å². The molecule has 0 saturated carbocycles. The molecular formula is C21H18F3N3O. The molecule has 0 bridgehead atoms. The Morgan fingerprint density at radius 1 is 0.964 bits per heavy atom. The first-order chi connectivity index (χ1) is 13.4. The third kappa shape index (κ3) is 5.09. The fourth-order valence-electron chi connectivity index (χ4n) is 2.74. The highest BCUT2D eigenvalue weighted by Crippen LogP contribution is 2.29. The molecule has 0 aliphatic rings. The Morgan fingerprint density at radius 2 is 1.71 bits per heavy atom. The SMILES string of the molecule is O=C(NCc1cccc(C(F)(F)F)c1)NC(c1ccccc1)c1ccccn1. The van der Waals surface area contributed by atoms with Crippen LogP contribution in [0.3, 0.4) is 0 Å². The van der Waals surface area contributed by atoms with Gasteiger partial charge in [-0.25, -0.2) is 4.79 Å². The predicted octanol–water partition coefficient (Wildman–Crippen LogP) is 4.69. The third-order valence-corrected chi connectivity index (χ3v) is 4.10. The second-order valence-electron chi connectivity index (χ2n) is 6.12. The van der Waals surface area contributed by atoms with E-state index in [4.69, 9.17) is 0 Å². The van der Waals surface area contributed by atoms with Gasteiger partial charge in [0, 0.05) is 12.7 Å². The summed E-state index contributed by atoms with van der Waals surface area (Å²) in [7, 11) is 0. The Bertz CT molecular complexity index is 875. The lowest BCUT2D eigenvalue weighted by atomic mass is 10.0. The molecule has 1 aromatic heterocycles. The molecule has 2 aromatic carbocycles. The molecule has 4 nitrogen and oxygen atoms in total. The van der Waals surface area contributed by atoms with E-state index in [1.807, 2.05) is 36.4 Å². The topological polar surface area (TPSA) is 54.0 Å². The van der Waals surface area contributed by atoms with Crippen molar-refractivity contribution in [1.82, 2.24) is 15.6 Å². The second kappa shape index (κ2) is 8.56. The normalized spacial score (nSPS) is 12.2. The first-order valence-corrected chi connectivity index (χ1v) is 8.60. The van der Waals surface area contributed by atoms with E-state index in [-0.39, 0.29) is 6.54 Å². The van der Waals surface area contributed by atoms with Crippen LogP contribution in [0, 0.1) is 0 Å². The molecule has 28 heavy (non-hydrogen) atoms. The molecule has 3 aromatic rings. The minimum Gasteiger partial charge on any atom is -0.334 e.